The van der Waals surface area contributed by atoms with Gasteiger partial charge in [-0.3, -0.25) is 0 Å². The summed E-state index contributed by atoms with van der Waals surface area (Å²) in [5, 5.41) is 4.14. The number of hydrogen-bond donors (Lipinski definition) is 0. The summed E-state index contributed by atoms with van der Waals surface area (Å²) in [6, 6.07) is 11.0. The zero-order valence-corrected chi connectivity index (χ0v) is 16.8. The van der Waals surface area contributed by atoms with Crippen LogP contribution in [0.2, 0.25) is 0 Å². The van der Waals surface area contributed by atoms with Gasteiger partial charge in [-0.05, 0) is 42.0 Å². The van der Waals surface area contributed by atoms with E-state index in [4.69, 9.17) is 9.57 Å². The molecule has 0 saturated carbocycles. The van der Waals surface area contributed by atoms with Crippen molar-refractivity contribution in [2.45, 2.75) is 29.5 Å². The molecule has 2 aromatic rings. The van der Waals surface area contributed by atoms with E-state index in [1.807, 2.05) is 12.1 Å². The van der Waals surface area contributed by atoms with E-state index in [1.54, 1.807) is 19.2 Å². The Kier molecular flexibility index (Phi) is 5.11. The van der Waals surface area contributed by atoms with E-state index < -0.39 is 27.7 Å². The van der Waals surface area contributed by atoms with Gasteiger partial charge in [0.2, 0.25) is 0 Å². The van der Waals surface area contributed by atoms with Crippen LogP contribution in [0.25, 0.3) is 0 Å². The molecule has 0 N–H and O–H groups in total. The molecule has 0 bridgehead atoms. The van der Waals surface area contributed by atoms with E-state index in [0.717, 1.165) is 22.0 Å². The lowest BCUT2D eigenvalue weighted by molar-refractivity contribution is -0.137. The molecule has 0 radical (unpaired) electrons. The van der Waals surface area contributed by atoms with E-state index in [0.29, 0.717) is 30.4 Å². The fourth-order valence-electron chi connectivity index (χ4n) is 3.67. The van der Waals surface area contributed by atoms with Gasteiger partial charge in [-0.1, -0.05) is 15.4 Å². The Balaban J connectivity index is 1.50. The number of sulfonamides is 1. The van der Waals surface area contributed by atoms with Gasteiger partial charge >= 0.3 is 6.18 Å². The molecule has 30 heavy (non-hydrogen) atoms. The molecule has 2 heterocycles. The van der Waals surface area contributed by atoms with Crippen molar-refractivity contribution in [3.8, 4) is 5.75 Å². The van der Waals surface area contributed by atoms with Gasteiger partial charge in [-0.25, -0.2) is 0 Å². The normalized spacial score (nSPS) is 23.8. The van der Waals surface area contributed by atoms with E-state index in [9.17, 15) is 21.9 Å². The summed E-state index contributed by atoms with van der Waals surface area (Å²) in [7, 11) is -2.52. The minimum atomic E-state index is -4.62. The predicted octanol–water partition coefficient (Wildman–Crippen LogP) is 3.89. The average molecular weight is 440 g/mol. The van der Waals surface area contributed by atoms with Crippen LogP contribution < -0.4 is 4.74 Å². The third kappa shape index (κ3) is 3.82. The second-order valence-corrected chi connectivity index (χ2v) is 9.27. The summed E-state index contributed by atoms with van der Waals surface area (Å²) < 4.78 is 71.1. The van der Waals surface area contributed by atoms with Crippen molar-refractivity contribution in [1.29, 1.82) is 0 Å². The highest BCUT2D eigenvalue weighted by Gasteiger charge is 2.51. The first-order valence-corrected chi connectivity index (χ1v) is 10.6. The zero-order chi connectivity index (χ0) is 21.6. The summed E-state index contributed by atoms with van der Waals surface area (Å²) in [5.41, 5.74) is -0.285. The maximum absolute atomic E-state index is 13.0. The van der Waals surface area contributed by atoms with Crippen molar-refractivity contribution in [1.82, 2.24) is 4.31 Å². The molecule has 160 valence electrons. The molecule has 1 fully saturated rings. The Morgan fingerprint density at radius 1 is 1.23 bits per heavy atom. The molecular weight excluding hydrogens is 421 g/mol. The molecule has 6 nitrogen and oxygen atoms in total. The highest BCUT2D eigenvalue weighted by atomic mass is 32.3. The van der Waals surface area contributed by atoms with E-state index in [-0.39, 0.29) is 18.0 Å². The van der Waals surface area contributed by atoms with E-state index in [2.05, 4.69) is 5.16 Å². The Morgan fingerprint density at radius 2 is 1.97 bits per heavy atom. The molecular formula is C20H19F3N2O4S. The summed E-state index contributed by atoms with van der Waals surface area (Å²) in [6.45, 7) is 0.165. The minimum absolute atomic E-state index is 0.0226. The second-order valence-electron chi connectivity index (χ2n) is 7.33. The first kappa shape index (κ1) is 20.8. The number of methoxy groups -OCH3 is 1. The van der Waals surface area contributed by atoms with E-state index in [1.165, 1.54) is 6.07 Å². The maximum atomic E-state index is 13.0. The topological polar surface area (TPSA) is 74.2 Å². The highest BCUT2D eigenvalue weighted by molar-refractivity contribution is 7.95. The third-order valence-corrected chi connectivity index (χ3v) is 7.18. The van der Waals surface area contributed by atoms with Crippen molar-refractivity contribution in [2.75, 3.05) is 20.2 Å². The number of hydrogen-bond acceptors (Lipinski definition) is 5. The lowest BCUT2D eigenvalue weighted by atomic mass is 9.93. The summed E-state index contributed by atoms with van der Waals surface area (Å²) >= 11 is 0. The number of alkyl halides is 3. The van der Waals surface area contributed by atoms with Gasteiger partial charge in [0.05, 0.1) is 24.9 Å². The van der Waals surface area contributed by atoms with Gasteiger partial charge in [0.1, 0.15) is 5.75 Å². The van der Waals surface area contributed by atoms with Crippen molar-refractivity contribution in [3.05, 3.63) is 59.7 Å². The molecule has 2 unspecified atom stereocenters. The van der Waals surface area contributed by atoms with Gasteiger partial charge in [0.25, 0.3) is 0 Å². The van der Waals surface area contributed by atoms with Crippen molar-refractivity contribution >= 4 is 16.1 Å². The van der Waals surface area contributed by atoms with Crippen LogP contribution in [0.4, 0.5) is 13.2 Å². The van der Waals surface area contributed by atoms with Crippen molar-refractivity contribution < 1.29 is 31.5 Å². The summed E-state index contributed by atoms with van der Waals surface area (Å²) in [4.78, 5) is 5.25. The highest BCUT2D eigenvalue weighted by Crippen LogP contribution is 2.40. The SMILES string of the molecule is COc1ccc(C2=NOC3(CCN([S+](=O)([O-])c4cccc(C(F)(F)F)c4)C3)C2)cc1. The molecule has 0 aromatic heterocycles. The van der Waals surface area contributed by atoms with Gasteiger partial charge in [0.15, 0.2) is 20.9 Å². The number of ether oxygens (including phenoxy) is 1. The molecule has 1 spiro atoms. The monoisotopic (exact) mass is 440 g/mol. The second kappa shape index (κ2) is 7.36. The largest absolute Gasteiger partial charge is 0.593 e. The first-order chi connectivity index (χ1) is 14.1. The minimum Gasteiger partial charge on any atom is -0.593 e. The van der Waals surface area contributed by atoms with Crippen LogP contribution in [0, 0.1) is 0 Å². The molecule has 4 rings (SSSR count). The molecule has 0 aliphatic carbocycles. The van der Waals surface area contributed by atoms with Gasteiger partial charge in [-0.15, -0.1) is 4.31 Å². The van der Waals surface area contributed by atoms with Gasteiger partial charge in [0, 0.05) is 25.5 Å². The Hall–Kier alpha value is -2.43. The van der Waals surface area contributed by atoms with Crippen LogP contribution in [0.5, 0.6) is 5.75 Å². The molecule has 2 atom stereocenters. The number of nitrogens with zero attached hydrogens (tertiary/aromatic N) is 2. The molecule has 1 saturated heterocycles. The van der Waals surface area contributed by atoms with Crippen LogP contribution in [0.15, 0.2) is 58.6 Å². The molecule has 10 heteroatoms. The lowest BCUT2D eigenvalue weighted by Gasteiger charge is -2.25. The van der Waals surface area contributed by atoms with Crippen LogP contribution in [-0.4, -0.2) is 40.4 Å². The number of benzene rings is 2. The number of halogens is 3. The average Bonchev–Trinajstić information content (AvgIpc) is 3.35. The Labute approximate surface area is 172 Å². The van der Waals surface area contributed by atoms with Crippen LogP contribution >= 0.6 is 0 Å². The van der Waals surface area contributed by atoms with Crippen LogP contribution in [0.3, 0.4) is 0 Å². The molecule has 2 aromatic carbocycles. The van der Waals surface area contributed by atoms with Crippen LogP contribution in [0.1, 0.15) is 24.0 Å². The van der Waals surface area contributed by atoms with Gasteiger partial charge in [-0.2, -0.15) is 13.2 Å². The summed E-state index contributed by atoms with van der Waals surface area (Å²) in [6.07, 6.45) is -3.81. The first-order valence-electron chi connectivity index (χ1n) is 9.20. The Bertz CT molecular complexity index is 1030. The molecule has 2 aliphatic heterocycles. The number of rotatable bonds is 4. The number of oxime groups is 1. The predicted molar refractivity (Wildman–Crippen MR) is 103 cm³/mol. The fourth-order valence-corrected chi connectivity index (χ4v) is 5.24. The standard InChI is InChI=1S/C20H19F3N2O4S/c1-28-16-7-5-14(6-8-16)18-12-19(29-24-18)9-10-25(13-19)30(26,27)17-4-2-3-15(11-17)20(21,22)23/h2-8,11H,9-10,12-13H2,1H3. The molecule has 0 amide bonds. The third-order valence-electron chi connectivity index (χ3n) is 5.34. The summed E-state index contributed by atoms with van der Waals surface area (Å²) in [5.74, 6) is 0.701. The van der Waals surface area contributed by atoms with Crippen LogP contribution in [-0.2, 0) is 25.6 Å². The molecule has 2 aliphatic rings. The van der Waals surface area contributed by atoms with E-state index >= 15 is 0 Å². The smallest absolute Gasteiger partial charge is 0.416 e. The quantitative estimate of drug-likeness (QED) is 0.677. The van der Waals surface area contributed by atoms with Gasteiger partial charge < -0.3 is 14.1 Å². The maximum Gasteiger partial charge on any atom is 0.416 e. The Morgan fingerprint density at radius 3 is 2.63 bits per heavy atom. The fraction of sp³-hybridized carbons (Fsp3) is 0.350. The lowest BCUT2D eigenvalue weighted by Crippen LogP contribution is -2.39. The van der Waals surface area contributed by atoms with Crippen molar-refractivity contribution in [2.24, 2.45) is 5.16 Å². The zero-order valence-electron chi connectivity index (χ0n) is 16.0. The van der Waals surface area contributed by atoms with Crippen molar-refractivity contribution in [3.63, 3.8) is 0 Å².